The van der Waals surface area contributed by atoms with Crippen molar-refractivity contribution < 1.29 is 14.3 Å². The molecule has 1 aliphatic heterocycles. The zero-order valence-corrected chi connectivity index (χ0v) is 19.1. The molecule has 1 saturated heterocycles. The summed E-state index contributed by atoms with van der Waals surface area (Å²) in [6.07, 6.45) is 2.64. The number of hydrogen-bond donors (Lipinski definition) is 1. The van der Waals surface area contributed by atoms with Crippen LogP contribution in [0.25, 0.3) is 16.8 Å². The van der Waals surface area contributed by atoms with Crippen LogP contribution < -0.4 is 14.8 Å². The molecule has 3 aromatic carbocycles. The number of amides is 1. The van der Waals surface area contributed by atoms with Crippen molar-refractivity contribution >= 4 is 40.1 Å². The molecule has 0 spiro atoms. The van der Waals surface area contributed by atoms with Crippen molar-refractivity contribution in [3.05, 3.63) is 77.5 Å². The van der Waals surface area contributed by atoms with Crippen molar-refractivity contribution in [1.29, 1.82) is 0 Å². The fourth-order valence-corrected chi connectivity index (χ4v) is 4.02. The van der Waals surface area contributed by atoms with Crippen molar-refractivity contribution in [1.82, 2.24) is 10.2 Å². The maximum absolute atomic E-state index is 12.6. The third-order valence-corrected chi connectivity index (χ3v) is 5.57. The summed E-state index contributed by atoms with van der Waals surface area (Å²) in [5, 5.41) is 5.82. The summed E-state index contributed by atoms with van der Waals surface area (Å²) in [5.74, 6) is 1.20. The summed E-state index contributed by atoms with van der Waals surface area (Å²) in [6, 6.07) is 20.1. The lowest BCUT2D eigenvalue weighted by Crippen LogP contribution is -2.31. The SMILES string of the molecule is CCCN1C(=O)/C(=C/c2ccc(OCc3cccc4ccccc34)c(OCC)c2)NC1=S. The van der Waals surface area contributed by atoms with Gasteiger partial charge in [-0.3, -0.25) is 9.69 Å². The molecule has 1 aliphatic rings. The molecule has 1 fully saturated rings. The van der Waals surface area contributed by atoms with Crippen molar-refractivity contribution in [3.63, 3.8) is 0 Å². The first-order valence-corrected chi connectivity index (χ1v) is 11.2. The molecule has 1 heterocycles. The molecule has 0 atom stereocenters. The monoisotopic (exact) mass is 446 g/mol. The number of thiocarbonyl (C=S) groups is 1. The highest BCUT2D eigenvalue weighted by molar-refractivity contribution is 7.80. The number of nitrogens with zero attached hydrogens (tertiary/aromatic N) is 1. The Morgan fingerprint density at radius 1 is 1.00 bits per heavy atom. The van der Waals surface area contributed by atoms with Gasteiger partial charge in [0.05, 0.1) is 6.61 Å². The second kappa shape index (κ2) is 9.83. The van der Waals surface area contributed by atoms with Gasteiger partial charge in [-0.1, -0.05) is 55.5 Å². The molecule has 0 radical (unpaired) electrons. The summed E-state index contributed by atoms with van der Waals surface area (Å²) in [5.41, 5.74) is 2.42. The first-order valence-electron chi connectivity index (χ1n) is 10.8. The highest BCUT2D eigenvalue weighted by Crippen LogP contribution is 2.31. The molecule has 6 heteroatoms. The third-order valence-electron chi connectivity index (χ3n) is 5.25. The zero-order valence-electron chi connectivity index (χ0n) is 18.3. The topological polar surface area (TPSA) is 50.8 Å². The van der Waals surface area contributed by atoms with E-state index in [2.05, 4.69) is 29.6 Å². The molecule has 0 bridgehead atoms. The summed E-state index contributed by atoms with van der Waals surface area (Å²) in [7, 11) is 0. The summed E-state index contributed by atoms with van der Waals surface area (Å²) >= 11 is 5.29. The first kappa shape index (κ1) is 21.8. The maximum atomic E-state index is 12.6. The van der Waals surface area contributed by atoms with Crippen LogP contribution in [0.5, 0.6) is 11.5 Å². The van der Waals surface area contributed by atoms with E-state index in [-0.39, 0.29) is 5.91 Å². The Morgan fingerprint density at radius 2 is 1.81 bits per heavy atom. The van der Waals surface area contributed by atoms with E-state index in [0.29, 0.717) is 42.1 Å². The number of fused-ring (bicyclic) bond motifs is 1. The number of carbonyl (C=O) groups is 1. The Kier molecular flexibility index (Phi) is 6.71. The predicted molar refractivity (Wildman–Crippen MR) is 132 cm³/mol. The van der Waals surface area contributed by atoms with E-state index >= 15 is 0 Å². The van der Waals surface area contributed by atoms with E-state index < -0.39 is 0 Å². The molecular formula is C26H26N2O3S. The van der Waals surface area contributed by atoms with Crippen molar-refractivity contribution in [3.8, 4) is 11.5 Å². The van der Waals surface area contributed by atoms with Crippen LogP contribution in [0.4, 0.5) is 0 Å². The minimum atomic E-state index is -0.105. The Hall–Kier alpha value is -3.38. The van der Waals surface area contributed by atoms with Crippen molar-refractivity contribution in [2.45, 2.75) is 26.9 Å². The Labute approximate surface area is 193 Å². The molecule has 1 N–H and O–H groups in total. The highest BCUT2D eigenvalue weighted by Gasteiger charge is 2.29. The fraction of sp³-hybridized carbons (Fsp3) is 0.231. The lowest BCUT2D eigenvalue weighted by Gasteiger charge is -2.14. The van der Waals surface area contributed by atoms with Gasteiger partial charge in [0.25, 0.3) is 5.91 Å². The van der Waals surface area contributed by atoms with E-state index in [1.807, 2.05) is 50.2 Å². The number of hydrogen-bond acceptors (Lipinski definition) is 4. The van der Waals surface area contributed by atoms with E-state index in [0.717, 1.165) is 17.5 Å². The molecule has 4 rings (SSSR count). The van der Waals surface area contributed by atoms with Gasteiger partial charge in [0.2, 0.25) is 0 Å². The second-order valence-electron chi connectivity index (χ2n) is 7.51. The summed E-state index contributed by atoms with van der Waals surface area (Å²) in [6.45, 7) is 5.50. The predicted octanol–water partition coefficient (Wildman–Crippen LogP) is 5.29. The number of benzene rings is 3. The third kappa shape index (κ3) is 4.60. The van der Waals surface area contributed by atoms with Crippen molar-refractivity contribution in [2.24, 2.45) is 0 Å². The molecule has 164 valence electrons. The maximum Gasteiger partial charge on any atom is 0.276 e. The van der Waals surface area contributed by atoms with Gasteiger partial charge >= 0.3 is 0 Å². The average Bonchev–Trinajstić information content (AvgIpc) is 3.06. The van der Waals surface area contributed by atoms with Crippen LogP contribution in [-0.4, -0.2) is 29.1 Å². The Bertz CT molecular complexity index is 1180. The van der Waals surface area contributed by atoms with Crippen LogP contribution in [0, 0.1) is 0 Å². The summed E-state index contributed by atoms with van der Waals surface area (Å²) < 4.78 is 12.0. The first-order chi connectivity index (χ1) is 15.6. The molecule has 3 aromatic rings. The molecule has 0 aliphatic carbocycles. The van der Waals surface area contributed by atoms with Gasteiger partial charge < -0.3 is 14.8 Å². The lowest BCUT2D eigenvalue weighted by atomic mass is 10.1. The van der Waals surface area contributed by atoms with Gasteiger partial charge in [0, 0.05) is 6.54 Å². The minimum absolute atomic E-state index is 0.105. The van der Waals surface area contributed by atoms with E-state index in [1.165, 1.54) is 10.8 Å². The number of nitrogens with one attached hydrogen (secondary N) is 1. The Balaban J connectivity index is 1.56. The van der Waals surface area contributed by atoms with Crippen LogP contribution in [0.1, 0.15) is 31.4 Å². The van der Waals surface area contributed by atoms with Crippen molar-refractivity contribution in [2.75, 3.05) is 13.2 Å². The highest BCUT2D eigenvalue weighted by atomic mass is 32.1. The van der Waals surface area contributed by atoms with E-state index in [4.69, 9.17) is 21.7 Å². The zero-order chi connectivity index (χ0) is 22.5. The standard InChI is InChI=1S/C26H26N2O3S/c1-3-14-28-25(29)22(27-26(28)32)15-18-12-13-23(24(16-18)30-4-2)31-17-20-10-7-9-19-8-5-6-11-21(19)20/h5-13,15-16H,3-4,14,17H2,1-2H3,(H,27,32)/b22-15-. The molecule has 1 amide bonds. The van der Waals surface area contributed by atoms with Crippen LogP contribution in [0.2, 0.25) is 0 Å². The molecule has 5 nitrogen and oxygen atoms in total. The average molecular weight is 447 g/mol. The van der Waals surface area contributed by atoms with Gasteiger partial charge in [-0.25, -0.2) is 0 Å². The number of ether oxygens (including phenoxy) is 2. The molecule has 0 unspecified atom stereocenters. The van der Waals surface area contributed by atoms with Gasteiger partial charge in [-0.2, -0.15) is 0 Å². The van der Waals surface area contributed by atoms with Crippen LogP contribution in [0.3, 0.4) is 0 Å². The lowest BCUT2D eigenvalue weighted by molar-refractivity contribution is -0.122. The molecule has 0 aromatic heterocycles. The molecular weight excluding hydrogens is 420 g/mol. The molecule has 0 saturated carbocycles. The van der Waals surface area contributed by atoms with Crippen LogP contribution >= 0.6 is 12.2 Å². The normalized spacial score (nSPS) is 14.8. The number of rotatable bonds is 8. The second-order valence-corrected chi connectivity index (χ2v) is 7.90. The van der Waals surface area contributed by atoms with E-state index in [9.17, 15) is 4.79 Å². The van der Waals surface area contributed by atoms with Crippen LogP contribution in [0.15, 0.2) is 66.4 Å². The van der Waals surface area contributed by atoms with E-state index in [1.54, 1.807) is 11.0 Å². The number of carbonyl (C=O) groups excluding carboxylic acids is 1. The van der Waals surface area contributed by atoms with Gasteiger partial charge in [0.15, 0.2) is 16.6 Å². The smallest absolute Gasteiger partial charge is 0.276 e. The van der Waals surface area contributed by atoms with Gasteiger partial charge in [-0.05, 0) is 65.7 Å². The van der Waals surface area contributed by atoms with Crippen LogP contribution in [-0.2, 0) is 11.4 Å². The van der Waals surface area contributed by atoms with Gasteiger partial charge in [0.1, 0.15) is 12.3 Å². The largest absolute Gasteiger partial charge is 0.490 e. The minimum Gasteiger partial charge on any atom is -0.490 e. The quantitative estimate of drug-likeness (QED) is 0.377. The molecule has 32 heavy (non-hydrogen) atoms. The van der Waals surface area contributed by atoms with Gasteiger partial charge in [-0.15, -0.1) is 0 Å². The summed E-state index contributed by atoms with van der Waals surface area (Å²) in [4.78, 5) is 14.2. The Morgan fingerprint density at radius 3 is 2.62 bits per heavy atom. The fourth-order valence-electron chi connectivity index (χ4n) is 3.74.